The molecule has 7 aromatic rings. The molecule has 4 aromatic carbocycles. The van der Waals surface area contributed by atoms with Crippen molar-refractivity contribution >= 4 is 34.2 Å². The van der Waals surface area contributed by atoms with Crippen molar-refractivity contribution < 1.29 is 9.84 Å². The van der Waals surface area contributed by atoms with Gasteiger partial charge in [-0.25, -0.2) is 4.98 Å². The van der Waals surface area contributed by atoms with Gasteiger partial charge in [0.1, 0.15) is 5.75 Å². The topological polar surface area (TPSA) is 73.9 Å². The SMILES string of the molecule is Cc1ccc(-c2c3nc(c(-c4ccccc4)c4cc(c(-c5ccccc5)c5ccc([nH]5)c(-c5ccc(C)cc5)c5ccc2[nH]5)C(O)O4)C=C3)cc1. The van der Waals surface area contributed by atoms with E-state index in [0.717, 1.165) is 78.0 Å². The average Bonchev–Trinajstić information content (AvgIpc) is 3.98. The largest absolute Gasteiger partial charge is 0.460 e. The second kappa shape index (κ2) is 12.5. The maximum Gasteiger partial charge on any atom is 0.225 e. The monoisotopic (exact) mass is 661 g/mol. The van der Waals surface area contributed by atoms with Gasteiger partial charge < -0.3 is 19.8 Å². The molecule has 9 rings (SSSR count). The number of aromatic nitrogens is 3. The quantitative estimate of drug-likeness (QED) is 0.176. The fourth-order valence-electron chi connectivity index (χ4n) is 7.21. The van der Waals surface area contributed by atoms with Crippen molar-refractivity contribution in [2.75, 3.05) is 0 Å². The molecular formula is C46H35N3O2. The summed E-state index contributed by atoms with van der Waals surface area (Å²) in [4.78, 5) is 12.9. The molecule has 0 amide bonds. The van der Waals surface area contributed by atoms with E-state index in [2.05, 4.69) is 127 Å². The number of nitrogens with zero attached hydrogens (tertiary/aromatic N) is 1. The summed E-state index contributed by atoms with van der Waals surface area (Å²) < 4.78 is 6.38. The van der Waals surface area contributed by atoms with Crippen LogP contribution in [0.4, 0.5) is 0 Å². The summed E-state index contributed by atoms with van der Waals surface area (Å²) >= 11 is 0. The smallest absolute Gasteiger partial charge is 0.225 e. The minimum Gasteiger partial charge on any atom is -0.460 e. The number of aliphatic hydroxyl groups is 1. The summed E-state index contributed by atoms with van der Waals surface area (Å²) in [6.07, 6.45) is 2.93. The van der Waals surface area contributed by atoms with Gasteiger partial charge in [-0.05, 0) is 78.6 Å². The Bertz CT molecular complexity index is 2620. The predicted octanol–water partition coefficient (Wildman–Crippen LogP) is 11.4. The fraction of sp³-hybridized carbons (Fsp3) is 0.0652. The van der Waals surface area contributed by atoms with Crippen molar-refractivity contribution in [3.8, 4) is 50.3 Å². The summed E-state index contributed by atoms with van der Waals surface area (Å²) in [6, 6.07) is 48.0. The molecule has 3 N–H and O–H groups in total. The van der Waals surface area contributed by atoms with Gasteiger partial charge in [0.25, 0.3) is 0 Å². The van der Waals surface area contributed by atoms with Crippen molar-refractivity contribution in [3.05, 3.63) is 168 Å². The molecule has 1 unspecified atom stereocenters. The van der Waals surface area contributed by atoms with Gasteiger partial charge in [-0.15, -0.1) is 0 Å². The van der Waals surface area contributed by atoms with Gasteiger partial charge in [-0.2, -0.15) is 0 Å². The van der Waals surface area contributed by atoms with Gasteiger partial charge in [0.05, 0.1) is 11.4 Å². The maximum absolute atomic E-state index is 11.7. The van der Waals surface area contributed by atoms with E-state index in [0.29, 0.717) is 11.3 Å². The van der Waals surface area contributed by atoms with Crippen LogP contribution in [0.3, 0.4) is 0 Å². The van der Waals surface area contributed by atoms with Crippen molar-refractivity contribution in [1.29, 1.82) is 0 Å². The van der Waals surface area contributed by atoms with E-state index >= 15 is 0 Å². The molecule has 51 heavy (non-hydrogen) atoms. The van der Waals surface area contributed by atoms with E-state index in [-0.39, 0.29) is 0 Å². The highest BCUT2D eigenvalue weighted by Gasteiger charge is 2.26. The molecule has 0 saturated heterocycles. The summed E-state index contributed by atoms with van der Waals surface area (Å²) in [5, 5.41) is 11.7. The van der Waals surface area contributed by atoms with Crippen LogP contribution < -0.4 is 4.74 Å². The van der Waals surface area contributed by atoms with Crippen LogP contribution in [0.5, 0.6) is 5.75 Å². The molecule has 5 nitrogen and oxygen atoms in total. The molecule has 5 heteroatoms. The molecule has 1 atom stereocenters. The zero-order valence-corrected chi connectivity index (χ0v) is 28.3. The molecular weight excluding hydrogens is 627 g/mol. The first-order valence-electron chi connectivity index (χ1n) is 17.2. The molecule has 2 aliphatic rings. The summed E-state index contributed by atoms with van der Waals surface area (Å²) in [6.45, 7) is 4.20. The first-order chi connectivity index (χ1) is 25.0. The number of aryl methyl sites for hydroxylation is 2. The van der Waals surface area contributed by atoms with E-state index in [1.165, 1.54) is 11.1 Å². The number of hydrogen-bond donors (Lipinski definition) is 3. The number of ether oxygens (including phenoxy) is 1. The van der Waals surface area contributed by atoms with Gasteiger partial charge in [0.15, 0.2) is 0 Å². The lowest BCUT2D eigenvalue weighted by Gasteiger charge is -2.11. The van der Waals surface area contributed by atoms with Crippen LogP contribution in [0.15, 0.2) is 140 Å². The molecule has 246 valence electrons. The standard InChI is InChI=1S/C46H35N3O2/c1-28-13-17-32(18-14-28)43-36-22-21-35(47-36)42(30-9-5-3-6-10-30)34-27-41(51-46(34)50)45(31-11-7-4-8-12-31)40-26-25-39(49-40)44(38-24-23-37(43)48-38)33-19-15-29(2)16-20-33/h3-27,46-48,50H,1-2H3. The van der Waals surface area contributed by atoms with Crippen LogP contribution in [0.2, 0.25) is 0 Å². The highest BCUT2D eigenvalue weighted by atomic mass is 16.6. The molecule has 0 spiro atoms. The lowest BCUT2D eigenvalue weighted by atomic mass is 9.99. The number of nitrogens with one attached hydrogen (secondary N) is 2. The third-order valence-electron chi connectivity index (χ3n) is 9.73. The van der Waals surface area contributed by atoms with Crippen molar-refractivity contribution in [2.24, 2.45) is 0 Å². The number of benzene rings is 4. The Labute approximate surface area is 296 Å². The Kier molecular flexibility index (Phi) is 7.49. The van der Waals surface area contributed by atoms with Gasteiger partial charge in [0, 0.05) is 49.9 Å². The first-order valence-corrected chi connectivity index (χ1v) is 17.2. The molecule has 5 heterocycles. The molecule has 8 bridgehead atoms. The summed E-state index contributed by atoms with van der Waals surface area (Å²) in [7, 11) is 0. The molecule has 0 radical (unpaired) electrons. The Morgan fingerprint density at radius 3 is 1.47 bits per heavy atom. The van der Waals surface area contributed by atoms with Gasteiger partial charge in [-0.1, -0.05) is 120 Å². The predicted molar refractivity (Wildman–Crippen MR) is 209 cm³/mol. The Morgan fingerprint density at radius 1 is 0.490 bits per heavy atom. The molecule has 3 aromatic heterocycles. The highest BCUT2D eigenvalue weighted by Crippen LogP contribution is 2.44. The number of hydrogen-bond acceptors (Lipinski definition) is 3. The minimum absolute atomic E-state index is 0.562. The van der Waals surface area contributed by atoms with Crippen LogP contribution in [-0.2, 0) is 0 Å². The first kappa shape index (κ1) is 30.6. The van der Waals surface area contributed by atoms with Crippen LogP contribution >= 0.6 is 0 Å². The average molecular weight is 662 g/mol. The van der Waals surface area contributed by atoms with E-state index < -0.39 is 6.29 Å². The van der Waals surface area contributed by atoms with Gasteiger partial charge in [-0.3, -0.25) is 0 Å². The van der Waals surface area contributed by atoms with E-state index in [1.54, 1.807) is 0 Å². The third-order valence-corrected chi connectivity index (χ3v) is 9.73. The van der Waals surface area contributed by atoms with Crippen LogP contribution in [0.25, 0.3) is 78.7 Å². The number of aromatic amines is 2. The van der Waals surface area contributed by atoms with Gasteiger partial charge >= 0.3 is 0 Å². The number of fused-ring (bicyclic) bond motifs is 8. The fourth-order valence-corrected chi connectivity index (χ4v) is 7.21. The van der Waals surface area contributed by atoms with Crippen molar-refractivity contribution in [3.63, 3.8) is 0 Å². The summed E-state index contributed by atoms with van der Waals surface area (Å²) in [5.74, 6) is 0.562. The minimum atomic E-state index is -1.19. The lowest BCUT2D eigenvalue weighted by molar-refractivity contribution is -0.00791. The van der Waals surface area contributed by atoms with E-state index in [4.69, 9.17) is 9.72 Å². The Morgan fingerprint density at radius 2 is 0.922 bits per heavy atom. The number of rotatable bonds is 4. The Hall–Kier alpha value is -6.43. The lowest BCUT2D eigenvalue weighted by Crippen LogP contribution is -2.02. The second-order valence-corrected chi connectivity index (χ2v) is 13.2. The van der Waals surface area contributed by atoms with Crippen LogP contribution in [0, 0.1) is 13.8 Å². The highest BCUT2D eigenvalue weighted by molar-refractivity contribution is 5.98. The zero-order chi connectivity index (χ0) is 34.5. The van der Waals surface area contributed by atoms with Crippen LogP contribution in [-0.4, -0.2) is 20.1 Å². The molecule has 0 saturated carbocycles. The maximum atomic E-state index is 11.7. The van der Waals surface area contributed by atoms with Crippen LogP contribution in [0.1, 0.15) is 34.4 Å². The van der Waals surface area contributed by atoms with E-state index in [1.807, 2.05) is 48.5 Å². The summed E-state index contributed by atoms with van der Waals surface area (Å²) in [5.41, 5.74) is 16.2. The van der Waals surface area contributed by atoms with Gasteiger partial charge in [0.2, 0.25) is 6.29 Å². The van der Waals surface area contributed by atoms with E-state index in [9.17, 15) is 5.11 Å². The zero-order valence-electron chi connectivity index (χ0n) is 28.3. The van der Waals surface area contributed by atoms with Crippen molar-refractivity contribution in [2.45, 2.75) is 20.1 Å². The molecule has 0 aliphatic carbocycles. The number of H-pyrrole nitrogens is 2. The normalized spacial score (nSPS) is 13.7. The molecule has 0 fully saturated rings. The molecule has 2 aliphatic heterocycles. The Balaban J connectivity index is 1.48. The number of aliphatic hydroxyl groups excluding tert-OH is 1. The second-order valence-electron chi connectivity index (χ2n) is 13.2. The third kappa shape index (κ3) is 5.54. The van der Waals surface area contributed by atoms with Crippen molar-refractivity contribution in [1.82, 2.24) is 15.0 Å².